The van der Waals surface area contributed by atoms with Crippen molar-refractivity contribution in [3.8, 4) is 0 Å². The lowest BCUT2D eigenvalue weighted by Gasteiger charge is -2.15. The standard InChI is InChI=1S/C15H19F2N3O/c1-9(2)14-11(4-3-7-18)15(21)20(19-14)13-6-5-10(16)8-12(13)17/h5-6,8-9,11H,3-4,7,18H2,1-2H3. The highest BCUT2D eigenvalue weighted by atomic mass is 19.1. The second kappa shape index (κ2) is 6.30. The van der Waals surface area contributed by atoms with E-state index in [1.807, 2.05) is 13.8 Å². The Morgan fingerprint density at radius 2 is 2.10 bits per heavy atom. The van der Waals surface area contributed by atoms with Crippen molar-refractivity contribution in [1.29, 1.82) is 0 Å². The molecule has 2 N–H and O–H groups in total. The molecule has 0 bridgehead atoms. The van der Waals surface area contributed by atoms with Crippen molar-refractivity contribution < 1.29 is 13.6 Å². The average Bonchev–Trinajstić information content (AvgIpc) is 2.74. The van der Waals surface area contributed by atoms with Crippen molar-refractivity contribution in [2.24, 2.45) is 22.7 Å². The van der Waals surface area contributed by atoms with Gasteiger partial charge in [-0.1, -0.05) is 13.8 Å². The van der Waals surface area contributed by atoms with Gasteiger partial charge in [0.2, 0.25) is 0 Å². The number of nitrogens with zero attached hydrogens (tertiary/aromatic N) is 2. The molecule has 21 heavy (non-hydrogen) atoms. The molecule has 0 radical (unpaired) electrons. The van der Waals surface area contributed by atoms with Crippen LogP contribution < -0.4 is 10.7 Å². The molecule has 1 aliphatic heterocycles. The fraction of sp³-hybridized carbons (Fsp3) is 0.467. The molecule has 1 aromatic rings. The van der Waals surface area contributed by atoms with Gasteiger partial charge in [-0.25, -0.2) is 8.78 Å². The number of rotatable bonds is 5. The quantitative estimate of drug-likeness (QED) is 0.908. The lowest BCUT2D eigenvalue weighted by atomic mass is 9.90. The van der Waals surface area contributed by atoms with Crippen LogP contribution in [-0.4, -0.2) is 18.2 Å². The molecule has 0 aromatic heterocycles. The van der Waals surface area contributed by atoms with E-state index >= 15 is 0 Å². The van der Waals surface area contributed by atoms with E-state index in [9.17, 15) is 13.6 Å². The molecule has 0 spiro atoms. The van der Waals surface area contributed by atoms with E-state index in [4.69, 9.17) is 5.73 Å². The van der Waals surface area contributed by atoms with Gasteiger partial charge in [0.15, 0.2) is 5.82 Å². The van der Waals surface area contributed by atoms with Gasteiger partial charge in [0, 0.05) is 6.07 Å². The third kappa shape index (κ3) is 3.10. The maximum atomic E-state index is 13.9. The molecule has 0 saturated carbocycles. The minimum absolute atomic E-state index is 0.0187. The van der Waals surface area contributed by atoms with Gasteiger partial charge >= 0.3 is 0 Å². The zero-order valence-electron chi connectivity index (χ0n) is 12.1. The van der Waals surface area contributed by atoms with Gasteiger partial charge in [0.25, 0.3) is 5.91 Å². The first-order chi connectivity index (χ1) is 9.95. The zero-order chi connectivity index (χ0) is 15.6. The molecular formula is C15H19F2N3O. The Balaban J connectivity index is 2.34. The van der Waals surface area contributed by atoms with Crippen LogP contribution >= 0.6 is 0 Å². The number of nitrogens with two attached hydrogens (primary N) is 1. The van der Waals surface area contributed by atoms with E-state index in [0.29, 0.717) is 19.4 Å². The summed E-state index contributed by atoms with van der Waals surface area (Å²) in [7, 11) is 0. The first-order valence-electron chi connectivity index (χ1n) is 7.03. The van der Waals surface area contributed by atoms with Crippen LogP contribution in [0.4, 0.5) is 14.5 Å². The first kappa shape index (κ1) is 15.6. The maximum Gasteiger partial charge on any atom is 0.256 e. The molecule has 1 unspecified atom stereocenters. The second-order valence-electron chi connectivity index (χ2n) is 5.41. The van der Waals surface area contributed by atoms with Crippen molar-refractivity contribution in [2.45, 2.75) is 26.7 Å². The first-order valence-corrected chi connectivity index (χ1v) is 7.03. The largest absolute Gasteiger partial charge is 0.330 e. The number of benzene rings is 1. The van der Waals surface area contributed by atoms with Crippen molar-refractivity contribution in [3.05, 3.63) is 29.8 Å². The van der Waals surface area contributed by atoms with Crippen molar-refractivity contribution in [3.63, 3.8) is 0 Å². The summed E-state index contributed by atoms with van der Waals surface area (Å²) in [5.74, 6) is -2.06. The van der Waals surface area contributed by atoms with Gasteiger partial charge in [-0.05, 0) is 37.4 Å². The fourth-order valence-electron chi connectivity index (χ4n) is 2.45. The molecule has 1 amide bonds. The third-order valence-electron chi connectivity index (χ3n) is 3.51. The molecule has 114 valence electrons. The summed E-state index contributed by atoms with van der Waals surface area (Å²) in [5, 5.41) is 5.31. The Labute approximate surface area is 122 Å². The topological polar surface area (TPSA) is 58.7 Å². The minimum atomic E-state index is -0.797. The summed E-state index contributed by atoms with van der Waals surface area (Å²) < 4.78 is 26.8. The number of hydrogen-bond acceptors (Lipinski definition) is 3. The van der Waals surface area contributed by atoms with Gasteiger partial charge in [-0.3, -0.25) is 4.79 Å². The normalized spacial score (nSPS) is 18.6. The summed E-state index contributed by atoms with van der Waals surface area (Å²) in [4.78, 5) is 12.5. The van der Waals surface area contributed by atoms with Crippen molar-refractivity contribution in [2.75, 3.05) is 11.6 Å². The summed E-state index contributed by atoms with van der Waals surface area (Å²) >= 11 is 0. The molecular weight excluding hydrogens is 276 g/mol. The summed E-state index contributed by atoms with van der Waals surface area (Å²) in [5.41, 5.74) is 6.19. The zero-order valence-corrected chi connectivity index (χ0v) is 12.1. The van der Waals surface area contributed by atoms with Gasteiger partial charge < -0.3 is 5.73 Å². The summed E-state index contributed by atoms with van der Waals surface area (Å²) in [6, 6.07) is 3.10. The van der Waals surface area contributed by atoms with E-state index in [0.717, 1.165) is 22.9 Å². The van der Waals surface area contributed by atoms with Gasteiger partial charge in [-0.15, -0.1) is 0 Å². The molecule has 2 rings (SSSR count). The van der Waals surface area contributed by atoms with Crippen LogP contribution in [0.1, 0.15) is 26.7 Å². The number of amides is 1. The minimum Gasteiger partial charge on any atom is -0.330 e. The highest BCUT2D eigenvalue weighted by Crippen LogP contribution is 2.30. The molecule has 4 nitrogen and oxygen atoms in total. The Bertz CT molecular complexity index is 572. The predicted octanol–water partition coefficient (Wildman–Crippen LogP) is 2.68. The molecule has 0 fully saturated rings. The van der Waals surface area contributed by atoms with Gasteiger partial charge in [-0.2, -0.15) is 10.1 Å². The molecule has 1 heterocycles. The summed E-state index contributed by atoms with van der Waals surface area (Å²) in [6.07, 6.45) is 1.29. The monoisotopic (exact) mass is 295 g/mol. The summed E-state index contributed by atoms with van der Waals surface area (Å²) in [6.45, 7) is 4.36. The highest BCUT2D eigenvalue weighted by molar-refractivity contribution is 6.16. The number of halogens is 2. The molecule has 6 heteroatoms. The smallest absolute Gasteiger partial charge is 0.256 e. The van der Waals surface area contributed by atoms with Crippen LogP contribution in [0.25, 0.3) is 0 Å². The maximum absolute atomic E-state index is 13.9. The van der Waals surface area contributed by atoms with E-state index in [1.54, 1.807) is 0 Å². The number of anilines is 1. The lowest BCUT2D eigenvalue weighted by molar-refractivity contribution is -0.120. The molecule has 0 saturated heterocycles. The number of carbonyl (C=O) groups excluding carboxylic acids is 1. The molecule has 1 aromatic carbocycles. The third-order valence-corrected chi connectivity index (χ3v) is 3.51. The van der Waals surface area contributed by atoms with Crippen LogP contribution in [0.3, 0.4) is 0 Å². The van der Waals surface area contributed by atoms with Crippen LogP contribution in [0, 0.1) is 23.5 Å². The van der Waals surface area contributed by atoms with Gasteiger partial charge in [0.05, 0.1) is 11.6 Å². The van der Waals surface area contributed by atoms with Crippen molar-refractivity contribution >= 4 is 17.3 Å². The lowest BCUT2D eigenvalue weighted by Crippen LogP contribution is -2.29. The average molecular weight is 295 g/mol. The van der Waals surface area contributed by atoms with E-state index in [-0.39, 0.29) is 23.4 Å². The number of carbonyl (C=O) groups is 1. The fourth-order valence-corrected chi connectivity index (χ4v) is 2.45. The van der Waals surface area contributed by atoms with E-state index in [2.05, 4.69) is 5.10 Å². The number of hydrazone groups is 1. The van der Waals surface area contributed by atoms with E-state index < -0.39 is 11.6 Å². The van der Waals surface area contributed by atoms with Crippen LogP contribution in [0.2, 0.25) is 0 Å². The predicted molar refractivity (Wildman–Crippen MR) is 77.9 cm³/mol. The van der Waals surface area contributed by atoms with E-state index in [1.165, 1.54) is 6.07 Å². The Morgan fingerprint density at radius 1 is 1.38 bits per heavy atom. The van der Waals surface area contributed by atoms with Crippen LogP contribution in [0.5, 0.6) is 0 Å². The Morgan fingerprint density at radius 3 is 2.67 bits per heavy atom. The molecule has 1 atom stereocenters. The van der Waals surface area contributed by atoms with Crippen LogP contribution in [0.15, 0.2) is 23.3 Å². The van der Waals surface area contributed by atoms with Crippen LogP contribution in [-0.2, 0) is 4.79 Å². The van der Waals surface area contributed by atoms with Gasteiger partial charge in [0.1, 0.15) is 11.5 Å². The Kier molecular flexibility index (Phi) is 4.67. The number of hydrogen-bond donors (Lipinski definition) is 1. The van der Waals surface area contributed by atoms with Crippen molar-refractivity contribution in [1.82, 2.24) is 0 Å². The molecule has 1 aliphatic rings. The highest BCUT2D eigenvalue weighted by Gasteiger charge is 2.38. The SMILES string of the molecule is CC(C)C1=NN(c2ccc(F)cc2F)C(=O)C1CCCN. The second-order valence-corrected chi connectivity index (χ2v) is 5.41. The Hall–Kier alpha value is -1.82. The molecule has 0 aliphatic carbocycles.